The first-order valence-electron chi connectivity index (χ1n) is 7.35. The first-order chi connectivity index (χ1) is 9.59. The molecular formula is C16H26N2O2. The van der Waals surface area contributed by atoms with Crippen LogP contribution in [0.4, 0.5) is 0 Å². The maximum Gasteiger partial charge on any atom is 0.120 e. The molecule has 2 rings (SSSR count). The highest BCUT2D eigenvalue weighted by Crippen LogP contribution is 2.23. The summed E-state index contributed by atoms with van der Waals surface area (Å²) in [6.07, 6.45) is 1.03. The lowest BCUT2D eigenvalue weighted by molar-refractivity contribution is 0.0808. The van der Waals surface area contributed by atoms with Crippen LogP contribution in [-0.2, 0) is 0 Å². The Hall–Kier alpha value is -1.26. The van der Waals surface area contributed by atoms with Gasteiger partial charge in [-0.1, -0.05) is 0 Å². The smallest absolute Gasteiger partial charge is 0.120 e. The molecule has 112 valence electrons. The second-order valence-corrected chi connectivity index (χ2v) is 5.88. The Balaban J connectivity index is 1.82. The fraction of sp³-hybridized carbons (Fsp3) is 0.625. The van der Waals surface area contributed by atoms with E-state index < -0.39 is 0 Å². The molecule has 0 radical (unpaired) electrons. The monoisotopic (exact) mass is 278 g/mol. The second kappa shape index (κ2) is 6.95. The van der Waals surface area contributed by atoms with E-state index in [0.717, 1.165) is 50.6 Å². The summed E-state index contributed by atoms with van der Waals surface area (Å²) in [5, 5.41) is 3.38. The van der Waals surface area contributed by atoms with Crippen molar-refractivity contribution in [2.24, 2.45) is 0 Å². The van der Waals surface area contributed by atoms with Crippen molar-refractivity contribution in [2.75, 3.05) is 39.8 Å². The number of hydrogen-bond acceptors (Lipinski definition) is 4. The van der Waals surface area contributed by atoms with E-state index in [-0.39, 0.29) is 5.60 Å². The van der Waals surface area contributed by atoms with Gasteiger partial charge in [0.25, 0.3) is 0 Å². The Morgan fingerprint density at radius 2 is 1.70 bits per heavy atom. The molecule has 4 heteroatoms. The minimum absolute atomic E-state index is 0.153. The Kier molecular flexibility index (Phi) is 5.26. The second-order valence-electron chi connectivity index (χ2n) is 5.88. The van der Waals surface area contributed by atoms with Crippen LogP contribution in [0.1, 0.15) is 20.3 Å². The van der Waals surface area contributed by atoms with E-state index >= 15 is 0 Å². The van der Waals surface area contributed by atoms with Crippen molar-refractivity contribution >= 4 is 0 Å². The van der Waals surface area contributed by atoms with Gasteiger partial charge in [-0.3, -0.25) is 0 Å². The number of benzene rings is 1. The van der Waals surface area contributed by atoms with E-state index in [9.17, 15) is 0 Å². The maximum absolute atomic E-state index is 6.09. The van der Waals surface area contributed by atoms with Crippen LogP contribution in [-0.4, -0.2) is 50.3 Å². The largest absolute Gasteiger partial charge is 0.497 e. The average molecular weight is 278 g/mol. The molecule has 0 spiro atoms. The van der Waals surface area contributed by atoms with E-state index in [1.54, 1.807) is 7.11 Å². The number of rotatable bonds is 6. The number of nitrogens with zero attached hydrogens (tertiary/aromatic N) is 1. The quantitative estimate of drug-likeness (QED) is 0.864. The van der Waals surface area contributed by atoms with Gasteiger partial charge < -0.3 is 19.7 Å². The predicted octanol–water partition coefficient (Wildman–Crippen LogP) is 2.15. The van der Waals surface area contributed by atoms with E-state index in [1.165, 1.54) is 0 Å². The predicted molar refractivity (Wildman–Crippen MR) is 81.6 cm³/mol. The minimum Gasteiger partial charge on any atom is -0.497 e. The van der Waals surface area contributed by atoms with Crippen LogP contribution in [0.5, 0.6) is 11.5 Å². The summed E-state index contributed by atoms with van der Waals surface area (Å²) >= 11 is 0. The first kappa shape index (κ1) is 15.1. The number of methoxy groups -OCH3 is 1. The molecule has 1 heterocycles. The molecule has 1 aromatic rings. The zero-order valence-electron chi connectivity index (χ0n) is 12.8. The van der Waals surface area contributed by atoms with Gasteiger partial charge in [-0.25, -0.2) is 0 Å². The van der Waals surface area contributed by atoms with Crippen molar-refractivity contribution in [3.63, 3.8) is 0 Å². The van der Waals surface area contributed by atoms with Crippen LogP contribution in [0.2, 0.25) is 0 Å². The van der Waals surface area contributed by atoms with Gasteiger partial charge >= 0.3 is 0 Å². The van der Waals surface area contributed by atoms with Crippen molar-refractivity contribution < 1.29 is 9.47 Å². The van der Waals surface area contributed by atoms with Crippen molar-refractivity contribution in [1.82, 2.24) is 10.2 Å². The molecule has 20 heavy (non-hydrogen) atoms. The Bertz CT molecular complexity index is 397. The molecule has 0 saturated carbocycles. The standard InChI is InChI=1S/C16H26N2O2/c1-16(2,8-11-18-12-9-17-10-13-18)20-15-6-4-14(19-3)5-7-15/h4-7,17H,8-13H2,1-3H3. The highest BCUT2D eigenvalue weighted by Gasteiger charge is 2.21. The topological polar surface area (TPSA) is 33.7 Å². The molecular weight excluding hydrogens is 252 g/mol. The van der Waals surface area contributed by atoms with Crippen molar-refractivity contribution in [3.8, 4) is 11.5 Å². The summed E-state index contributed by atoms with van der Waals surface area (Å²) in [5.74, 6) is 1.76. The summed E-state index contributed by atoms with van der Waals surface area (Å²) in [6.45, 7) is 9.86. The van der Waals surface area contributed by atoms with Gasteiger partial charge in [0.15, 0.2) is 0 Å². The highest BCUT2D eigenvalue weighted by atomic mass is 16.5. The fourth-order valence-corrected chi connectivity index (χ4v) is 2.38. The van der Waals surface area contributed by atoms with E-state index in [0.29, 0.717) is 0 Å². The third kappa shape index (κ3) is 4.69. The normalized spacial score (nSPS) is 16.9. The molecule has 1 aromatic carbocycles. The number of nitrogens with one attached hydrogen (secondary N) is 1. The van der Waals surface area contributed by atoms with Crippen molar-refractivity contribution in [2.45, 2.75) is 25.9 Å². The number of ether oxygens (including phenoxy) is 2. The van der Waals surface area contributed by atoms with Gasteiger partial charge in [0.05, 0.1) is 7.11 Å². The fourth-order valence-electron chi connectivity index (χ4n) is 2.38. The van der Waals surface area contributed by atoms with Crippen LogP contribution in [0.3, 0.4) is 0 Å². The lowest BCUT2D eigenvalue weighted by Gasteiger charge is -2.32. The lowest BCUT2D eigenvalue weighted by Crippen LogP contribution is -2.45. The summed E-state index contributed by atoms with van der Waals surface area (Å²) in [7, 11) is 1.67. The van der Waals surface area contributed by atoms with Gasteiger partial charge in [-0.15, -0.1) is 0 Å². The Labute approximate surface area is 122 Å². The third-order valence-corrected chi connectivity index (χ3v) is 3.69. The van der Waals surface area contributed by atoms with Gasteiger partial charge in [-0.05, 0) is 44.5 Å². The summed E-state index contributed by atoms with van der Waals surface area (Å²) in [4.78, 5) is 2.50. The minimum atomic E-state index is -0.153. The van der Waals surface area contributed by atoms with Crippen LogP contribution in [0.15, 0.2) is 24.3 Å². The van der Waals surface area contributed by atoms with Gasteiger partial charge in [0.1, 0.15) is 17.1 Å². The SMILES string of the molecule is COc1ccc(OC(C)(C)CCN2CCNCC2)cc1. The molecule has 0 atom stereocenters. The van der Waals surface area contributed by atoms with E-state index in [2.05, 4.69) is 24.1 Å². The molecule has 4 nitrogen and oxygen atoms in total. The van der Waals surface area contributed by atoms with Crippen LogP contribution in [0.25, 0.3) is 0 Å². The third-order valence-electron chi connectivity index (χ3n) is 3.69. The van der Waals surface area contributed by atoms with E-state index in [1.807, 2.05) is 24.3 Å². The van der Waals surface area contributed by atoms with Crippen molar-refractivity contribution in [1.29, 1.82) is 0 Å². The molecule has 1 N–H and O–H groups in total. The highest BCUT2D eigenvalue weighted by molar-refractivity contribution is 5.31. The molecule has 1 aliphatic rings. The lowest BCUT2D eigenvalue weighted by atomic mass is 10.0. The molecule has 0 aliphatic carbocycles. The average Bonchev–Trinajstić information content (AvgIpc) is 2.47. The molecule has 0 amide bonds. The van der Waals surface area contributed by atoms with Gasteiger partial charge in [0.2, 0.25) is 0 Å². The number of hydrogen-bond donors (Lipinski definition) is 1. The maximum atomic E-state index is 6.09. The molecule has 0 bridgehead atoms. The zero-order chi connectivity index (χ0) is 14.4. The summed E-state index contributed by atoms with van der Waals surface area (Å²) in [6, 6.07) is 7.79. The molecule has 0 aromatic heterocycles. The van der Waals surface area contributed by atoms with Crippen LogP contribution < -0.4 is 14.8 Å². The Morgan fingerprint density at radius 1 is 1.10 bits per heavy atom. The van der Waals surface area contributed by atoms with Gasteiger partial charge in [-0.2, -0.15) is 0 Å². The zero-order valence-corrected chi connectivity index (χ0v) is 12.8. The molecule has 1 aliphatic heterocycles. The first-order valence-corrected chi connectivity index (χ1v) is 7.35. The Morgan fingerprint density at radius 3 is 2.30 bits per heavy atom. The van der Waals surface area contributed by atoms with Gasteiger partial charge in [0, 0.05) is 32.7 Å². The summed E-state index contributed by atoms with van der Waals surface area (Å²) < 4.78 is 11.3. The molecule has 1 saturated heterocycles. The van der Waals surface area contributed by atoms with Crippen LogP contribution in [0, 0.1) is 0 Å². The molecule has 0 unspecified atom stereocenters. The van der Waals surface area contributed by atoms with E-state index in [4.69, 9.17) is 9.47 Å². The number of piperazine rings is 1. The molecule has 1 fully saturated rings. The summed E-state index contributed by atoms with van der Waals surface area (Å²) in [5.41, 5.74) is -0.153. The van der Waals surface area contributed by atoms with Crippen molar-refractivity contribution in [3.05, 3.63) is 24.3 Å². The van der Waals surface area contributed by atoms with Crippen LogP contribution >= 0.6 is 0 Å².